The van der Waals surface area contributed by atoms with Crippen molar-refractivity contribution in [3.05, 3.63) is 24.3 Å². The van der Waals surface area contributed by atoms with E-state index < -0.39 is 0 Å². The largest absolute Gasteiger partial charge is 0.494 e. The van der Waals surface area contributed by atoms with E-state index in [4.69, 9.17) is 9.47 Å². The number of nitrogens with zero attached hydrogens (tertiary/aromatic N) is 1. The number of piperidine rings is 1. The van der Waals surface area contributed by atoms with E-state index in [1.807, 2.05) is 31.2 Å². The molecule has 2 aliphatic rings. The van der Waals surface area contributed by atoms with Gasteiger partial charge in [-0.2, -0.15) is 0 Å². The van der Waals surface area contributed by atoms with Crippen LogP contribution in [0, 0.1) is 5.92 Å². The topological polar surface area (TPSA) is 79.9 Å². The lowest BCUT2D eigenvalue weighted by atomic mass is 9.96. The van der Waals surface area contributed by atoms with Gasteiger partial charge >= 0.3 is 0 Å². The van der Waals surface area contributed by atoms with Gasteiger partial charge in [-0.05, 0) is 70.0 Å². The van der Waals surface area contributed by atoms with E-state index in [-0.39, 0.29) is 17.7 Å². The van der Waals surface area contributed by atoms with Crippen molar-refractivity contribution in [3.8, 4) is 11.5 Å². The molecule has 1 saturated carbocycles. The van der Waals surface area contributed by atoms with Crippen LogP contribution in [0.15, 0.2) is 24.3 Å². The zero-order chi connectivity index (χ0) is 19.8. The van der Waals surface area contributed by atoms with Gasteiger partial charge in [-0.15, -0.1) is 0 Å². The van der Waals surface area contributed by atoms with E-state index in [0.29, 0.717) is 32.3 Å². The Morgan fingerprint density at radius 2 is 1.68 bits per heavy atom. The van der Waals surface area contributed by atoms with Crippen molar-refractivity contribution in [1.82, 2.24) is 15.5 Å². The second-order valence-electron chi connectivity index (χ2n) is 7.44. The summed E-state index contributed by atoms with van der Waals surface area (Å²) in [5.74, 6) is 1.86. The van der Waals surface area contributed by atoms with E-state index in [0.717, 1.165) is 50.3 Å². The average Bonchev–Trinajstić information content (AvgIpc) is 3.51. The van der Waals surface area contributed by atoms with Crippen molar-refractivity contribution in [1.29, 1.82) is 0 Å². The lowest BCUT2D eigenvalue weighted by Gasteiger charge is -2.30. The summed E-state index contributed by atoms with van der Waals surface area (Å²) in [6, 6.07) is 7.87. The summed E-state index contributed by atoms with van der Waals surface area (Å²) in [4.78, 5) is 26.3. The Balaban J connectivity index is 1.26. The predicted octanol–water partition coefficient (Wildman–Crippen LogP) is 1.57. The van der Waals surface area contributed by atoms with E-state index in [2.05, 4.69) is 15.5 Å². The maximum Gasteiger partial charge on any atom is 0.234 e. The van der Waals surface area contributed by atoms with Crippen molar-refractivity contribution >= 4 is 11.8 Å². The minimum atomic E-state index is -0.00354. The van der Waals surface area contributed by atoms with Gasteiger partial charge in [0.25, 0.3) is 0 Å². The van der Waals surface area contributed by atoms with Crippen LogP contribution in [0.3, 0.4) is 0 Å². The van der Waals surface area contributed by atoms with Gasteiger partial charge in [0.05, 0.1) is 19.7 Å². The van der Waals surface area contributed by atoms with Crippen LogP contribution in [0.25, 0.3) is 0 Å². The van der Waals surface area contributed by atoms with Gasteiger partial charge < -0.3 is 20.1 Å². The van der Waals surface area contributed by atoms with Crippen LogP contribution < -0.4 is 20.1 Å². The van der Waals surface area contributed by atoms with Gasteiger partial charge in [0, 0.05) is 12.0 Å². The second kappa shape index (κ2) is 10.3. The van der Waals surface area contributed by atoms with Crippen molar-refractivity contribution < 1.29 is 19.1 Å². The van der Waals surface area contributed by atoms with E-state index in [1.165, 1.54) is 0 Å². The molecule has 1 saturated heterocycles. The van der Waals surface area contributed by atoms with E-state index in [9.17, 15) is 9.59 Å². The summed E-state index contributed by atoms with van der Waals surface area (Å²) >= 11 is 0. The summed E-state index contributed by atoms with van der Waals surface area (Å²) < 4.78 is 11.0. The fraction of sp³-hybridized carbons (Fsp3) is 0.619. The van der Waals surface area contributed by atoms with E-state index >= 15 is 0 Å². The van der Waals surface area contributed by atoms with Crippen molar-refractivity contribution in [3.63, 3.8) is 0 Å². The lowest BCUT2D eigenvalue weighted by Crippen LogP contribution is -2.45. The third-order valence-electron chi connectivity index (χ3n) is 5.08. The highest BCUT2D eigenvalue weighted by atomic mass is 16.5. The molecule has 3 rings (SSSR count). The van der Waals surface area contributed by atoms with Crippen molar-refractivity contribution in [2.75, 3.05) is 39.4 Å². The second-order valence-corrected chi connectivity index (χ2v) is 7.44. The number of rotatable bonds is 10. The lowest BCUT2D eigenvalue weighted by molar-refractivity contribution is -0.127. The van der Waals surface area contributed by atoms with Crippen LogP contribution in [-0.4, -0.2) is 62.1 Å². The Morgan fingerprint density at radius 1 is 1.04 bits per heavy atom. The number of carbonyl (C=O) groups excluding carboxylic acids is 2. The molecular formula is C21H31N3O4. The molecule has 0 radical (unpaired) electrons. The Kier molecular flexibility index (Phi) is 7.54. The molecule has 1 aromatic carbocycles. The number of ether oxygens (including phenoxy) is 2. The fourth-order valence-corrected chi connectivity index (χ4v) is 3.32. The molecule has 28 heavy (non-hydrogen) atoms. The minimum Gasteiger partial charge on any atom is -0.494 e. The Bertz CT molecular complexity index is 638. The van der Waals surface area contributed by atoms with Crippen LogP contribution in [-0.2, 0) is 9.59 Å². The van der Waals surface area contributed by atoms with Crippen LogP contribution in [0.2, 0.25) is 0 Å². The molecular weight excluding hydrogens is 358 g/mol. The molecule has 2 N–H and O–H groups in total. The molecule has 0 bridgehead atoms. The number of carbonyl (C=O) groups is 2. The van der Waals surface area contributed by atoms with Gasteiger partial charge in [0.1, 0.15) is 18.1 Å². The van der Waals surface area contributed by atoms with Gasteiger partial charge in [-0.1, -0.05) is 0 Å². The number of benzene rings is 1. The highest BCUT2D eigenvalue weighted by molar-refractivity contribution is 5.80. The zero-order valence-electron chi connectivity index (χ0n) is 16.6. The number of hydrogen-bond acceptors (Lipinski definition) is 5. The first-order chi connectivity index (χ1) is 13.6. The normalized spacial score (nSPS) is 17.8. The summed E-state index contributed by atoms with van der Waals surface area (Å²) in [5.41, 5.74) is 0. The van der Waals surface area contributed by atoms with Crippen LogP contribution in [0.4, 0.5) is 0 Å². The Hall–Kier alpha value is -2.28. The monoisotopic (exact) mass is 389 g/mol. The highest BCUT2D eigenvalue weighted by Gasteiger charge is 2.30. The van der Waals surface area contributed by atoms with Crippen LogP contribution >= 0.6 is 0 Å². The van der Waals surface area contributed by atoms with Crippen molar-refractivity contribution in [2.24, 2.45) is 5.92 Å². The molecule has 154 valence electrons. The predicted molar refractivity (Wildman–Crippen MR) is 106 cm³/mol. The van der Waals surface area contributed by atoms with Crippen LogP contribution in [0.5, 0.6) is 11.5 Å². The minimum absolute atomic E-state index is 0.00354. The molecule has 0 spiro atoms. The number of hydrogen-bond donors (Lipinski definition) is 2. The summed E-state index contributed by atoms with van der Waals surface area (Å²) in [6.07, 6.45) is 3.89. The first-order valence-corrected chi connectivity index (χ1v) is 10.3. The number of nitrogens with one attached hydrogen (secondary N) is 2. The Labute approximate surface area is 166 Å². The number of likely N-dealkylation sites (tertiary alicyclic amines) is 1. The third-order valence-corrected chi connectivity index (χ3v) is 5.08. The molecule has 0 aromatic heterocycles. The molecule has 7 heteroatoms. The quantitative estimate of drug-likeness (QED) is 0.594. The zero-order valence-corrected chi connectivity index (χ0v) is 16.6. The average molecular weight is 389 g/mol. The SMILES string of the molecule is CCOc1ccc(OCCNC(=O)CN2CCC(C(=O)NC3CC3)CC2)cc1. The van der Waals surface area contributed by atoms with Gasteiger partial charge in [0.2, 0.25) is 11.8 Å². The van der Waals surface area contributed by atoms with Gasteiger partial charge in [0.15, 0.2) is 0 Å². The maximum atomic E-state index is 12.1. The molecule has 7 nitrogen and oxygen atoms in total. The van der Waals surface area contributed by atoms with E-state index in [1.54, 1.807) is 0 Å². The van der Waals surface area contributed by atoms with Crippen molar-refractivity contribution in [2.45, 2.75) is 38.6 Å². The first-order valence-electron chi connectivity index (χ1n) is 10.3. The third kappa shape index (κ3) is 6.71. The van der Waals surface area contributed by atoms with Crippen LogP contribution in [0.1, 0.15) is 32.6 Å². The molecule has 2 amide bonds. The summed E-state index contributed by atoms with van der Waals surface area (Å²) in [7, 11) is 0. The Morgan fingerprint density at radius 3 is 2.29 bits per heavy atom. The molecule has 1 heterocycles. The standard InChI is InChI=1S/C21H31N3O4/c1-2-27-18-5-7-19(8-6-18)28-14-11-22-20(25)15-24-12-9-16(10-13-24)21(26)23-17-3-4-17/h5-8,16-17H,2-4,9-15H2,1H3,(H,22,25)(H,23,26). The molecule has 1 aromatic rings. The highest BCUT2D eigenvalue weighted by Crippen LogP contribution is 2.22. The number of amides is 2. The maximum absolute atomic E-state index is 12.1. The van der Waals surface area contributed by atoms with Gasteiger partial charge in [-0.3, -0.25) is 14.5 Å². The molecule has 1 aliphatic carbocycles. The molecule has 1 aliphatic heterocycles. The molecule has 2 fully saturated rings. The molecule has 0 unspecified atom stereocenters. The molecule has 0 atom stereocenters. The van der Waals surface area contributed by atoms with Gasteiger partial charge in [-0.25, -0.2) is 0 Å². The first kappa shape index (κ1) is 20.5. The smallest absolute Gasteiger partial charge is 0.234 e. The summed E-state index contributed by atoms with van der Waals surface area (Å²) in [6.45, 7) is 5.42. The fourth-order valence-electron chi connectivity index (χ4n) is 3.32. The summed E-state index contributed by atoms with van der Waals surface area (Å²) in [5, 5.41) is 5.97.